The fourth-order valence-corrected chi connectivity index (χ4v) is 2.51. The normalized spacial score (nSPS) is 17.8. The Kier molecular flexibility index (Phi) is 7.48. The van der Waals surface area contributed by atoms with E-state index in [0.29, 0.717) is 12.5 Å². The summed E-state index contributed by atoms with van der Waals surface area (Å²) in [7, 11) is 0. The number of amides is 2. The molecule has 1 rings (SSSR count). The van der Waals surface area contributed by atoms with Crippen LogP contribution in [0.15, 0.2) is 0 Å². The van der Waals surface area contributed by atoms with Crippen LogP contribution < -0.4 is 16.4 Å². The van der Waals surface area contributed by atoms with E-state index in [9.17, 15) is 9.59 Å². The summed E-state index contributed by atoms with van der Waals surface area (Å²) in [5.41, 5.74) is 5.89. The largest absolute Gasteiger partial charge is 0.355 e. The second-order valence-electron chi connectivity index (χ2n) is 5.41. The average molecular weight is 269 g/mol. The molecule has 1 fully saturated rings. The molecule has 0 aromatic heterocycles. The van der Waals surface area contributed by atoms with Gasteiger partial charge < -0.3 is 16.4 Å². The van der Waals surface area contributed by atoms with Crippen LogP contribution in [0.5, 0.6) is 0 Å². The Morgan fingerprint density at radius 1 is 1.21 bits per heavy atom. The van der Waals surface area contributed by atoms with Crippen LogP contribution in [0.25, 0.3) is 0 Å². The number of hydrogen-bond donors (Lipinski definition) is 3. The summed E-state index contributed by atoms with van der Waals surface area (Å²) in [4.78, 5) is 23.1. The Balaban J connectivity index is 2.18. The second kappa shape index (κ2) is 8.91. The molecular weight excluding hydrogens is 242 g/mol. The maximum atomic E-state index is 11.8. The summed E-state index contributed by atoms with van der Waals surface area (Å²) in [6.45, 7) is 2.65. The van der Waals surface area contributed by atoms with E-state index in [2.05, 4.69) is 10.6 Å². The first-order valence-electron chi connectivity index (χ1n) is 7.43. The van der Waals surface area contributed by atoms with E-state index < -0.39 is 6.04 Å². The summed E-state index contributed by atoms with van der Waals surface area (Å²) in [6.07, 6.45) is 7.78. The number of carbonyl (C=O) groups excluding carboxylic acids is 2. The lowest BCUT2D eigenvalue weighted by molar-refractivity contribution is -0.127. The van der Waals surface area contributed by atoms with Crippen molar-refractivity contribution in [3.63, 3.8) is 0 Å². The molecule has 1 saturated carbocycles. The van der Waals surface area contributed by atoms with E-state index in [1.807, 2.05) is 6.92 Å². The fourth-order valence-electron chi connectivity index (χ4n) is 2.51. The van der Waals surface area contributed by atoms with Crippen molar-refractivity contribution in [1.29, 1.82) is 0 Å². The van der Waals surface area contributed by atoms with Crippen molar-refractivity contribution in [1.82, 2.24) is 10.6 Å². The molecule has 5 nitrogen and oxygen atoms in total. The van der Waals surface area contributed by atoms with Gasteiger partial charge in [-0.25, -0.2) is 0 Å². The monoisotopic (exact) mass is 269 g/mol. The first-order chi connectivity index (χ1) is 9.13. The third kappa shape index (κ3) is 6.57. The summed E-state index contributed by atoms with van der Waals surface area (Å²) in [5, 5.41) is 5.32. The molecule has 1 unspecified atom stereocenters. The first-order valence-corrected chi connectivity index (χ1v) is 7.43. The number of hydrogen-bond acceptors (Lipinski definition) is 3. The molecule has 1 aliphatic carbocycles. The summed E-state index contributed by atoms with van der Waals surface area (Å²) >= 11 is 0. The van der Waals surface area contributed by atoms with Gasteiger partial charge in [0.2, 0.25) is 11.8 Å². The van der Waals surface area contributed by atoms with E-state index in [-0.39, 0.29) is 18.4 Å². The van der Waals surface area contributed by atoms with Crippen LogP contribution in [-0.4, -0.2) is 30.9 Å². The molecule has 0 saturated heterocycles. The van der Waals surface area contributed by atoms with Gasteiger partial charge in [-0.2, -0.15) is 0 Å². The molecule has 1 atom stereocenters. The van der Waals surface area contributed by atoms with Crippen LogP contribution in [0.2, 0.25) is 0 Å². The predicted octanol–water partition coefficient (Wildman–Crippen LogP) is 0.927. The lowest BCUT2D eigenvalue weighted by atomic mass is 9.85. The van der Waals surface area contributed by atoms with Gasteiger partial charge >= 0.3 is 0 Å². The van der Waals surface area contributed by atoms with Gasteiger partial charge in [0.25, 0.3) is 0 Å². The van der Waals surface area contributed by atoms with Crippen molar-refractivity contribution in [2.45, 2.75) is 57.9 Å². The maximum Gasteiger partial charge on any atom is 0.239 e. The Morgan fingerprint density at radius 2 is 1.89 bits per heavy atom. The van der Waals surface area contributed by atoms with Gasteiger partial charge in [0.05, 0.1) is 12.6 Å². The summed E-state index contributed by atoms with van der Waals surface area (Å²) in [6, 6.07) is -0.484. The number of nitrogens with one attached hydrogen (secondary N) is 2. The number of carbonyl (C=O) groups is 2. The Labute approximate surface area is 115 Å². The van der Waals surface area contributed by atoms with Gasteiger partial charge in [0.15, 0.2) is 0 Å². The Hall–Kier alpha value is -1.10. The van der Waals surface area contributed by atoms with Crippen molar-refractivity contribution in [2.24, 2.45) is 11.7 Å². The van der Waals surface area contributed by atoms with E-state index in [1.54, 1.807) is 0 Å². The van der Waals surface area contributed by atoms with Gasteiger partial charge in [-0.3, -0.25) is 9.59 Å². The van der Waals surface area contributed by atoms with Crippen LogP contribution in [-0.2, 0) is 9.59 Å². The number of nitrogens with two attached hydrogens (primary N) is 1. The molecule has 5 heteroatoms. The first kappa shape index (κ1) is 16.0. The fraction of sp³-hybridized carbons (Fsp3) is 0.857. The molecule has 19 heavy (non-hydrogen) atoms. The van der Waals surface area contributed by atoms with E-state index in [1.165, 1.54) is 32.1 Å². The lowest BCUT2D eigenvalue weighted by Crippen LogP contribution is -2.45. The van der Waals surface area contributed by atoms with E-state index in [0.717, 1.165) is 12.8 Å². The van der Waals surface area contributed by atoms with Gasteiger partial charge in [-0.05, 0) is 18.8 Å². The smallest absolute Gasteiger partial charge is 0.239 e. The highest BCUT2D eigenvalue weighted by molar-refractivity contribution is 5.87. The SMILES string of the molecule is CCCNC(=O)CNC(=O)C(N)CC1CCCCC1. The molecule has 0 bridgehead atoms. The minimum Gasteiger partial charge on any atom is -0.355 e. The molecule has 1 aliphatic rings. The number of rotatable bonds is 7. The van der Waals surface area contributed by atoms with Gasteiger partial charge in [0, 0.05) is 6.54 Å². The molecule has 0 heterocycles. The highest BCUT2D eigenvalue weighted by Gasteiger charge is 2.21. The quantitative estimate of drug-likeness (QED) is 0.643. The molecular formula is C14H27N3O2. The average Bonchev–Trinajstić information content (AvgIpc) is 2.43. The van der Waals surface area contributed by atoms with E-state index in [4.69, 9.17) is 5.73 Å². The Morgan fingerprint density at radius 3 is 2.53 bits per heavy atom. The standard InChI is InChI=1S/C14H27N3O2/c1-2-8-16-13(18)10-17-14(19)12(15)9-11-6-4-3-5-7-11/h11-12H,2-10,15H2,1H3,(H,16,18)(H,17,19). The second-order valence-corrected chi connectivity index (χ2v) is 5.41. The highest BCUT2D eigenvalue weighted by Crippen LogP contribution is 2.26. The molecule has 2 amide bonds. The molecule has 110 valence electrons. The van der Waals surface area contributed by atoms with Gasteiger partial charge in [-0.15, -0.1) is 0 Å². The summed E-state index contributed by atoms with van der Waals surface area (Å²) < 4.78 is 0. The molecule has 0 aromatic rings. The maximum absolute atomic E-state index is 11.8. The third-order valence-corrected chi connectivity index (χ3v) is 3.64. The van der Waals surface area contributed by atoms with Crippen LogP contribution >= 0.6 is 0 Å². The minimum absolute atomic E-state index is 0.0250. The summed E-state index contributed by atoms with van der Waals surface area (Å²) in [5.74, 6) is 0.209. The van der Waals surface area contributed by atoms with Crippen LogP contribution in [0.4, 0.5) is 0 Å². The zero-order chi connectivity index (χ0) is 14.1. The van der Waals surface area contributed by atoms with Crippen molar-refractivity contribution in [2.75, 3.05) is 13.1 Å². The van der Waals surface area contributed by atoms with E-state index >= 15 is 0 Å². The van der Waals surface area contributed by atoms with Gasteiger partial charge in [0.1, 0.15) is 0 Å². The zero-order valence-corrected chi connectivity index (χ0v) is 11.9. The van der Waals surface area contributed by atoms with Crippen molar-refractivity contribution in [3.05, 3.63) is 0 Å². The highest BCUT2D eigenvalue weighted by atomic mass is 16.2. The Bertz CT molecular complexity index is 288. The molecule has 0 radical (unpaired) electrons. The van der Waals surface area contributed by atoms with Crippen LogP contribution in [0, 0.1) is 5.92 Å². The predicted molar refractivity (Wildman–Crippen MR) is 75.5 cm³/mol. The van der Waals surface area contributed by atoms with Crippen molar-refractivity contribution < 1.29 is 9.59 Å². The topological polar surface area (TPSA) is 84.2 Å². The zero-order valence-electron chi connectivity index (χ0n) is 11.9. The molecule has 0 aliphatic heterocycles. The van der Waals surface area contributed by atoms with Crippen molar-refractivity contribution >= 4 is 11.8 Å². The van der Waals surface area contributed by atoms with Crippen LogP contribution in [0.1, 0.15) is 51.9 Å². The van der Waals surface area contributed by atoms with Gasteiger partial charge in [-0.1, -0.05) is 39.0 Å². The molecule has 4 N–H and O–H groups in total. The minimum atomic E-state index is -0.484. The van der Waals surface area contributed by atoms with Crippen LogP contribution in [0.3, 0.4) is 0 Å². The third-order valence-electron chi connectivity index (χ3n) is 3.64. The molecule has 0 aromatic carbocycles. The lowest BCUT2D eigenvalue weighted by Gasteiger charge is -2.24. The molecule has 0 spiro atoms. The van der Waals surface area contributed by atoms with Crippen molar-refractivity contribution in [3.8, 4) is 0 Å².